The molecule has 1 aromatic rings. The number of rotatable bonds is 5. The van der Waals surface area contributed by atoms with Crippen molar-refractivity contribution in [2.45, 2.75) is 26.8 Å². The zero-order chi connectivity index (χ0) is 15.3. The van der Waals surface area contributed by atoms with Gasteiger partial charge in [-0.2, -0.15) is 0 Å². The molecule has 0 radical (unpaired) electrons. The number of benzene rings is 1. The predicted octanol–water partition coefficient (Wildman–Crippen LogP) is 2.55. The fraction of sp³-hybridized carbons (Fsp3) is 0.533. The predicted molar refractivity (Wildman–Crippen MR) is 82.0 cm³/mol. The molecule has 0 unspecified atom stereocenters. The smallest absolute Gasteiger partial charge is 0.239 e. The molecule has 0 heterocycles. The number of amides is 1. The Kier molecular flexibility index (Phi) is 5.84. The molecule has 0 saturated carbocycles. The number of hydrogen-bond acceptors (Lipinski definition) is 3. The van der Waals surface area contributed by atoms with E-state index in [2.05, 4.69) is 0 Å². The minimum absolute atomic E-state index is 0.0767. The van der Waals surface area contributed by atoms with Crippen LogP contribution in [0.2, 0.25) is 5.02 Å². The van der Waals surface area contributed by atoms with Crippen molar-refractivity contribution in [2.75, 3.05) is 20.2 Å². The number of hydrogen-bond donors (Lipinski definition) is 1. The van der Waals surface area contributed by atoms with E-state index in [-0.39, 0.29) is 11.3 Å². The molecule has 0 spiro atoms. The van der Waals surface area contributed by atoms with Crippen LogP contribution in [0.5, 0.6) is 5.75 Å². The van der Waals surface area contributed by atoms with Crippen molar-refractivity contribution in [3.8, 4) is 5.75 Å². The molecule has 0 saturated heterocycles. The average molecular weight is 299 g/mol. The number of likely N-dealkylation sites (N-methyl/N-ethyl adjacent to an activating group) is 1. The molecular formula is C15H23ClN2O2. The summed E-state index contributed by atoms with van der Waals surface area (Å²) in [5.74, 6) is 0.616. The van der Waals surface area contributed by atoms with Gasteiger partial charge >= 0.3 is 0 Å². The zero-order valence-corrected chi connectivity index (χ0v) is 13.3. The van der Waals surface area contributed by atoms with Gasteiger partial charge in [-0.3, -0.25) is 4.79 Å². The van der Waals surface area contributed by atoms with Crippen LogP contribution in [0, 0.1) is 5.41 Å². The Bertz CT molecular complexity index is 457. The van der Waals surface area contributed by atoms with Crippen molar-refractivity contribution in [2.24, 2.45) is 11.1 Å². The van der Waals surface area contributed by atoms with Gasteiger partial charge in [0.15, 0.2) is 0 Å². The van der Waals surface area contributed by atoms with E-state index in [9.17, 15) is 4.79 Å². The van der Waals surface area contributed by atoms with Gasteiger partial charge in [0, 0.05) is 12.1 Å². The quantitative estimate of drug-likeness (QED) is 0.909. The molecule has 112 valence electrons. The number of carbonyl (C=O) groups excluding carboxylic acids is 1. The summed E-state index contributed by atoms with van der Waals surface area (Å²) in [5.41, 5.74) is 5.70. The van der Waals surface area contributed by atoms with Crippen molar-refractivity contribution < 1.29 is 9.53 Å². The molecule has 0 aromatic heterocycles. The fourth-order valence-electron chi connectivity index (χ4n) is 1.58. The van der Waals surface area contributed by atoms with Gasteiger partial charge in [-0.15, -0.1) is 0 Å². The van der Waals surface area contributed by atoms with E-state index >= 15 is 0 Å². The third-order valence-corrected chi connectivity index (χ3v) is 3.30. The molecular weight excluding hydrogens is 276 g/mol. The number of nitrogens with zero attached hydrogens (tertiary/aromatic N) is 1. The van der Waals surface area contributed by atoms with E-state index in [0.717, 1.165) is 0 Å². The second-order valence-electron chi connectivity index (χ2n) is 5.91. The Morgan fingerprint density at radius 1 is 1.45 bits per heavy atom. The summed E-state index contributed by atoms with van der Waals surface area (Å²) in [6, 6.07) is 6.66. The van der Waals surface area contributed by atoms with Crippen molar-refractivity contribution in [3.63, 3.8) is 0 Å². The van der Waals surface area contributed by atoms with Crippen LogP contribution >= 0.6 is 11.6 Å². The summed E-state index contributed by atoms with van der Waals surface area (Å²) in [6.07, 6.45) is 0. The van der Waals surface area contributed by atoms with Crippen LogP contribution in [-0.4, -0.2) is 37.0 Å². The maximum atomic E-state index is 12.1. The molecule has 1 amide bonds. The van der Waals surface area contributed by atoms with E-state index in [0.29, 0.717) is 23.9 Å². The van der Waals surface area contributed by atoms with Gasteiger partial charge in [0.1, 0.15) is 12.4 Å². The van der Waals surface area contributed by atoms with Crippen LogP contribution in [0.25, 0.3) is 0 Å². The molecule has 5 heteroatoms. The minimum Gasteiger partial charge on any atom is -0.492 e. The first-order chi connectivity index (χ1) is 9.21. The van der Waals surface area contributed by atoms with E-state index in [1.165, 1.54) is 0 Å². The Morgan fingerprint density at radius 3 is 2.65 bits per heavy atom. The third kappa shape index (κ3) is 5.02. The molecule has 2 N–H and O–H groups in total. The highest BCUT2D eigenvalue weighted by atomic mass is 35.5. The van der Waals surface area contributed by atoms with E-state index in [1.54, 1.807) is 24.1 Å². The van der Waals surface area contributed by atoms with Crippen LogP contribution < -0.4 is 10.5 Å². The fourth-order valence-corrected chi connectivity index (χ4v) is 1.76. The number of carbonyl (C=O) groups is 1. The molecule has 0 bridgehead atoms. The molecule has 0 aliphatic heterocycles. The minimum atomic E-state index is -0.515. The summed E-state index contributed by atoms with van der Waals surface area (Å²) in [4.78, 5) is 13.7. The van der Waals surface area contributed by atoms with E-state index in [4.69, 9.17) is 22.1 Å². The topological polar surface area (TPSA) is 55.6 Å². The lowest BCUT2D eigenvalue weighted by Gasteiger charge is -2.29. The van der Waals surface area contributed by atoms with Gasteiger partial charge in [-0.25, -0.2) is 0 Å². The lowest BCUT2D eigenvalue weighted by atomic mass is 9.86. The first-order valence-corrected chi connectivity index (χ1v) is 6.98. The number of nitrogens with two attached hydrogens (primary N) is 1. The van der Waals surface area contributed by atoms with Crippen molar-refractivity contribution in [1.29, 1.82) is 0 Å². The highest BCUT2D eigenvalue weighted by Gasteiger charge is 2.29. The number of ether oxygens (including phenoxy) is 1. The van der Waals surface area contributed by atoms with Gasteiger partial charge in [-0.05, 0) is 23.6 Å². The largest absolute Gasteiger partial charge is 0.492 e. The molecule has 1 rings (SSSR count). The second-order valence-corrected chi connectivity index (χ2v) is 6.35. The third-order valence-electron chi connectivity index (χ3n) is 3.07. The van der Waals surface area contributed by atoms with Crippen molar-refractivity contribution >= 4 is 17.5 Å². The van der Waals surface area contributed by atoms with Crippen LogP contribution in [0.15, 0.2) is 24.3 Å². The summed E-state index contributed by atoms with van der Waals surface area (Å²) >= 11 is 5.87. The van der Waals surface area contributed by atoms with Crippen molar-refractivity contribution in [3.05, 3.63) is 29.3 Å². The zero-order valence-electron chi connectivity index (χ0n) is 12.5. The summed E-state index contributed by atoms with van der Waals surface area (Å²) < 4.78 is 5.55. The van der Waals surface area contributed by atoms with Crippen LogP contribution in [-0.2, 0) is 4.79 Å². The van der Waals surface area contributed by atoms with Gasteiger partial charge in [-0.1, -0.05) is 38.4 Å². The van der Waals surface area contributed by atoms with Gasteiger partial charge in [0.2, 0.25) is 5.91 Å². The standard InChI is InChI=1S/C15H23ClN2O2/c1-15(2,3)13(17)14(19)18(4)8-9-20-12-7-5-6-11(16)10-12/h5-7,10,13H,8-9,17H2,1-4H3/t13-/m0/s1. The highest BCUT2D eigenvalue weighted by Crippen LogP contribution is 2.19. The average Bonchev–Trinajstić information content (AvgIpc) is 2.35. The van der Waals surface area contributed by atoms with Gasteiger partial charge in [0.25, 0.3) is 0 Å². The first-order valence-electron chi connectivity index (χ1n) is 6.61. The summed E-state index contributed by atoms with van der Waals surface area (Å²) in [7, 11) is 1.73. The molecule has 0 fully saturated rings. The monoisotopic (exact) mass is 298 g/mol. The molecule has 0 aliphatic rings. The lowest BCUT2D eigenvalue weighted by Crippen LogP contribution is -2.49. The van der Waals surface area contributed by atoms with Gasteiger partial charge < -0.3 is 15.4 Å². The first kappa shape index (κ1) is 16.8. The summed E-state index contributed by atoms with van der Waals surface area (Å²) in [6.45, 7) is 6.73. The lowest BCUT2D eigenvalue weighted by molar-refractivity contribution is -0.133. The molecule has 4 nitrogen and oxygen atoms in total. The maximum absolute atomic E-state index is 12.1. The second kappa shape index (κ2) is 6.95. The summed E-state index contributed by atoms with van der Waals surface area (Å²) in [5, 5.41) is 0.627. The molecule has 0 aliphatic carbocycles. The van der Waals surface area contributed by atoms with Crippen LogP contribution in [0.3, 0.4) is 0 Å². The SMILES string of the molecule is CN(CCOc1cccc(Cl)c1)C(=O)[C@H](N)C(C)(C)C. The maximum Gasteiger partial charge on any atom is 0.239 e. The van der Waals surface area contributed by atoms with Crippen molar-refractivity contribution in [1.82, 2.24) is 4.90 Å². The molecule has 1 aromatic carbocycles. The molecule has 20 heavy (non-hydrogen) atoms. The van der Waals surface area contributed by atoms with E-state index < -0.39 is 6.04 Å². The normalized spacial score (nSPS) is 12.9. The van der Waals surface area contributed by atoms with Crippen LogP contribution in [0.1, 0.15) is 20.8 Å². The van der Waals surface area contributed by atoms with Crippen LogP contribution in [0.4, 0.5) is 0 Å². The number of halogens is 1. The Labute approximate surface area is 125 Å². The van der Waals surface area contributed by atoms with Gasteiger partial charge in [0.05, 0.1) is 12.6 Å². The Hall–Kier alpha value is -1.26. The Balaban J connectivity index is 2.44. The molecule has 1 atom stereocenters. The highest BCUT2D eigenvalue weighted by molar-refractivity contribution is 6.30. The Morgan fingerprint density at radius 2 is 2.10 bits per heavy atom. The van der Waals surface area contributed by atoms with E-state index in [1.807, 2.05) is 32.9 Å².